The smallest absolute Gasteiger partial charge is 0.127 e. The first-order chi connectivity index (χ1) is 6.51. The second-order valence-electron chi connectivity index (χ2n) is 3.85. The first-order valence-electron chi connectivity index (χ1n) is 4.61. The van der Waals surface area contributed by atoms with E-state index in [-0.39, 0.29) is 0 Å². The third-order valence-corrected chi connectivity index (χ3v) is 1.74. The maximum Gasteiger partial charge on any atom is 0.127 e. The zero-order chi connectivity index (χ0) is 10.6. The minimum Gasteiger partial charge on any atom is -0.389 e. The van der Waals surface area contributed by atoms with Gasteiger partial charge in [0.2, 0.25) is 0 Å². The third-order valence-electron chi connectivity index (χ3n) is 1.74. The fourth-order valence-electron chi connectivity index (χ4n) is 0.996. The minimum absolute atomic E-state index is 0.514. The molecule has 0 aliphatic heterocycles. The van der Waals surface area contributed by atoms with Crippen LogP contribution in [0.25, 0.3) is 0 Å². The molecule has 3 N–H and O–H groups in total. The van der Waals surface area contributed by atoms with Gasteiger partial charge in [-0.15, -0.1) is 0 Å². The molecule has 0 aliphatic rings. The zero-order valence-corrected chi connectivity index (χ0v) is 8.83. The normalized spacial score (nSPS) is 11.1. The Bertz CT molecular complexity index is 294. The van der Waals surface area contributed by atoms with E-state index in [9.17, 15) is 5.11 Å². The van der Waals surface area contributed by atoms with Gasteiger partial charge in [-0.05, 0) is 19.9 Å². The van der Waals surface area contributed by atoms with E-state index in [1.165, 1.54) is 0 Å². The minimum atomic E-state index is -0.705. The average molecular weight is 195 g/mol. The lowest BCUT2D eigenvalue weighted by Crippen LogP contribution is -2.29. The van der Waals surface area contributed by atoms with Gasteiger partial charge in [-0.1, -0.05) is 0 Å². The Morgan fingerprint density at radius 2 is 2.21 bits per heavy atom. The SMILES string of the molecule is CNc1cc(NCC(C)(C)O)ccn1. The van der Waals surface area contributed by atoms with Crippen LogP contribution >= 0.6 is 0 Å². The molecule has 0 aromatic carbocycles. The molecule has 0 saturated carbocycles. The maximum absolute atomic E-state index is 9.51. The summed E-state index contributed by atoms with van der Waals surface area (Å²) < 4.78 is 0. The van der Waals surface area contributed by atoms with E-state index in [0.29, 0.717) is 6.54 Å². The molecule has 0 atom stereocenters. The number of rotatable bonds is 4. The predicted octanol–water partition coefficient (Wildman–Crippen LogP) is 1.31. The van der Waals surface area contributed by atoms with Crippen LogP contribution in [0.5, 0.6) is 0 Å². The molecule has 0 saturated heterocycles. The molecule has 0 bridgehead atoms. The second-order valence-corrected chi connectivity index (χ2v) is 3.85. The number of aromatic nitrogens is 1. The lowest BCUT2D eigenvalue weighted by atomic mass is 10.1. The van der Waals surface area contributed by atoms with Crippen molar-refractivity contribution < 1.29 is 5.11 Å². The van der Waals surface area contributed by atoms with Gasteiger partial charge in [0.05, 0.1) is 5.60 Å². The van der Waals surface area contributed by atoms with Crippen LogP contribution in [0.15, 0.2) is 18.3 Å². The van der Waals surface area contributed by atoms with Crippen molar-refractivity contribution >= 4 is 11.5 Å². The molecule has 0 spiro atoms. The topological polar surface area (TPSA) is 57.2 Å². The van der Waals surface area contributed by atoms with E-state index in [4.69, 9.17) is 0 Å². The molecule has 0 aliphatic carbocycles. The van der Waals surface area contributed by atoms with Crippen molar-refractivity contribution in [3.8, 4) is 0 Å². The van der Waals surface area contributed by atoms with Crippen LogP contribution in [0.4, 0.5) is 11.5 Å². The molecule has 1 rings (SSSR count). The van der Waals surface area contributed by atoms with Gasteiger partial charge in [-0.3, -0.25) is 0 Å². The summed E-state index contributed by atoms with van der Waals surface area (Å²) in [5, 5.41) is 15.6. The largest absolute Gasteiger partial charge is 0.389 e. The number of aliphatic hydroxyl groups is 1. The van der Waals surface area contributed by atoms with Crippen molar-refractivity contribution in [2.75, 3.05) is 24.2 Å². The Balaban J connectivity index is 2.59. The van der Waals surface area contributed by atoms with Gasteiger partial charge in [-0.2, -0.15) is 0 Å². The van der Waals surface area contributed by atoms with Crippen molar-refractivity contribution in [1.82, 2.24) is 4.98 Å². The van der Waals surface area contributed by atoms with Crippen LogP contribution in [-0.2, 0) is 0 Å². The zero-order valence-electron chi connectivity index (χ0n) is 8.83. The average Bonchev–Trinajstić information content (AvgIpc) is 2.14. The maximum atomic E-state index is 9.51. The Hall–Kier alpha value is -1.29. The highest BCUT2D eigenvalue weighted by Crippen LogP contribution is 2.12. The lowest BCUT2D eigenvalue weighted by Gasteiger charge is -2.18. The van der Waals surface area contributed by atoms with E-state index in [1.807, 2.05) is 19.2 Å². The van der Waals surface area contributed by atoms with E-state index < -0.39 is 5.60 Å². The van der Waals surface area contributed by atoms with Crippen LogP contribution in [0.2, 0.25) is 0 Å². The van der Waals surface area contributed by atoms with Crippen molar-refractivity contribution in [2.45, 2.75) is 19.4 Å². The third kappa shape index (κ3) is 3.62. The highest BCUT2D eigenvalue weighted by molar-refractivity contribution is 5.51. The first-order valence-corrected chi connectivity index (χ1v) is 4.61. The standard InChI is InChI=1S/C10H17N3O/c1-10(2,14)7-13-8-4-5-12-9(6-8)11-3/h4-6,14H,7H2,1-3H3,(H2,11,12,13). The second kappa shape index (κ2) is 4.28. The molecule has 1 aromatic rings. The summed E-state index contributed by atoms with van der Waals surface area (Å²) in [7, 11) is 1.82. The van der Waals surface area contributed by atoms with Crippen molar-refractivity contribution in [3.05, 3.63) is 18.3 Å². The molecule has 4 heteroatoms. The fraction of sp³-hybridized carbons (Fsp3) is 0.500. The molecular formula is C10H17N3O. The molecule has 0 radical (unpaired) electrons. The molecule has 1 aromatic heterocycles. The van der Waals surface area contributed by atoms with Gasteiger partial charge >= 0.3 is 0 Å². The highest BCUT2D eigenvalue weighted by Gasteiger charge is 2.11. The van der Waals surface area contributed by atoms with Crippen molar-refractivity contribution in [1.29, 1.82) is 0 Å². The summed E-state index contributed by atoms with van der Waals surface area (Å²) in [4.78, 5) is 4.09. The van der Waals surface area contributed by atoms with Crippen molar-refractivity contribution in [2.24, 2.45) is 0 Å². The number of nitrogens with one attached hydrogen (secondary N) is 2. The van der Waals surface area contributed by atoms with Gasteiger partial charge in [0.25, 0.3) is 0 Å². The van der Waals surface area contributed by atoms with Crippen LogP contribution in [-0.4, -0.2) is 29.3 Å². The molecule has 78 valence electrons. The molecule has 1 heterocycles. The number of pyridine rings is 1. The molecule has 4 nitrogen and oxygen atoms in total. The van der Waals surface area contributed by atoms with Crippen LogP contribution in [0.3, 0.4) is 0 Å². The quantitative estimate of drug-likeness (QED) is 0.678. The van der Waals surface area contributed by atoms with E-state index >= 15 is 0 Å². The molecular weight excluding hydrogens is 178 g/mol. The van der Waals surface area contributed by atoms with E-state index in [0.717, 1.165) is 11.5 Å². The first kappa shape index (κ1) is 10.8. The predicted molar refractivity (Wildman–Crippen MR) is 58.6 cm³/mol. The summed E-state index contributed by atoms with van der Waals surface area (Å²) in [6.07, 6.45) is 1.72. The monoisotopic (exact) mass is 195 g/mol. The van der Waals surface area contributed by atoms with Crippen LogP contribution in [0.1, 0.15) is 13.8 Å². The number of anilines is 2. The fourth-order valence-corrected chi connectivity index (χ4v) is 0.996. The van der Waals surface area contributed by atoms with Gasteiger partial charge in [0.1, 0.15) is 5.82 Å². The van der Waals surface area contributed by atoms with E-state index in [2.05, 4.69) is 15.6 Å². The Morgan fingerprint density at radius 3 is 2.79 bits per heavy atom. The summed E-state index contributed by atoms with van der Waals surface area (Å²) in [6.45, 7) is 4.04. The lowest BCUT2D eigenvalue weighted by molar-refractivity contribution is 0.0945. The van der Waals surface area contributed by atoms with E-state index in [1.54, 1.807) is 20.0 Å². The Kier molecular flexibility index (Phi) is 3.30. The Labute approximate surface area is 84.4 Å². The molecule has 0 unspecified atom stereocenters. The van der Waals surface area contributed by atoms with Crippen LogP contribution < -0.4 is 10.6 Å². The summed E-state index contributed by atoms with van der Waals surface area (Å²) in [5.74, 6) is 0.811. The highest BCUT2D eigenvalue weighted by atomic mass is 16.3. The molecule has 14 heavy (non-hydrogen) atoms. The number of hydrogen-bond acceptors (Lipinski definition) is 4. The van der Waals surface area contributed by atoms with Gasteiger partial charge in [0.15, 0.2) is 0 Å². The van der Waals surface area contributed by atoms with Gasteiger partial charge < -0.3 is 15.7 Å². The molecule has 0 fully saturated rings. The Morgan fingerprint density at radius 1 is 1.50 bits per heavy atom. The molecule has 0 amide bonds. The van der Waals surface area contributed by atoms with Gasteiger partial charge in [-0.25, -0.2) is 4.98 Å². The number of nitrogens with zero attached hydrogens (tertiary/aromatic N) is 1. The summed E-state index contributed by atoms with van der Waals surface area (Å²) in [5.41, 5.74) is 0.245. The number of hydrogen-bond donors (Lipinski definition) is 3. The van der Waals surface area contributed by atoms with Crippen molar-refractivity contribution in [3.63, 3.8) is 0 Å². The summed E-state index contributed by atoms with van der Waals surface area (Å²) >= 11 is 0. The summed E-state index contributed by atoms with van der Waals surface area (Å²) in [6, 6.07) is 3.76. The van der Waals surface area contributed by atoms with Gasteiger partial charge in [0, 0.05) is 31.5 Å². The van der Waals surface area contributed by atoms with Crippen LogP contribution in [0, 0.1) is 0 Å².